The van der Waals surface area contributed by atoms with E-state index in [4.69, 9.17) is 0 Å². The molecule has 0 unspecified atom stereocenters. The number of carbonyl (C=O) groups is 3. The fraction of sp³-hybridized carbons (Fsp3) is 0.227. The van der Waals surface area contributed by atoms with Gasteiger partial charge in [0.15, 0.2) is 0 Å². The third-order valence-corrected chi connectivity index (χ3v) is 4.50. The molecule has 0 aliphatic carbocycles. The van der Waals surface area contributed by atoms with Crippen molar-refractivity contribution in [2.75, 3.05) is 5.32 Å². The molecule has 3 rings (SSSR count). The van der Waals surface area contributed by atoms with Crippen molar-refractivity contribution in [2.24, 2.45) is 5.92 Å². The van der Waals surface area contributed by atoms with Crippen molar-refractivity contribution in [3.05, 3.63) is 65.4 Å². The highest BCUT2D eigenvalue weighted by Gasteiger charge is 2.19. The number of carboxylic acid groups (broad SMARTS) is 1. The Bertz CT molecular complexity index is 1080. The van der Waals surface area contributed by atoms with Gasteiger partial charge in [0.25, 0.3) is 5.91 Å². The van der Waals surface area contributed by atoms with Crippen LogP contribution in [0.4, 0.5) is 5.69 Å². The highest BCUT2D eigenvalue weighted by atomic mass is 16.4. The second kappa shape index (κ2) is 7.68. The maximum absolute atomic E-state index is 12.9. The van der Waals surface area contributed by atoms with Crippen molar-refractivity contribution in [3.63, 3.8) is 0 Å². The zero-order valence-electron chi connectivity index (χ0n) is 16.0. The van der Waals surface area contributed by atoms with Gasteiger partial charge in [0.05, 0.1) is 22.3 Å². The first-order valence-corrected chi connectivity index (χ1v) is 9.06. The standard InChI is InChI=1S/C22H22N2O4/c1-13(2)10-15-8-9-19(17(11-15)22(27)28)23-21(26)18-12-24(14(3)25)20-7-5-4-6-16(18)20/h4-9,11-13H,10H2,1-3H3,(H,23,26)(H,27,28). The van der Waals surface area contributed by atoms with E-state index >= 15 is 0 Å². The summed E-state index contributed by atoms with van der Waals surface area (Å²) >= 11 is 0. The Hall–Kier alpha value is -3.41. The number of nitrogens with zero attached hydrogens (tertiary/aromatic N) is 1. The summed E-state index contributed by atoms with van der Waals surface area (Å²) in [6.45, 7) is 5.53. The molecule has 0 aliphatic rings. The normalized spacial score (nSPS) is 11.0. The molecule has 6 nitrogen and oxygen atoms in total. The van der Waals surface area contributed by atoms with Crippen LogP contribution in [-0.2, 0) is 6.42 Å². The van der Waals surface area contributed by atoms with Crippen LogP contribution in [0.25, 0.3) is 10.9 Å². The van der Waals surface area contributed by atoms with Gasteiger partial charge in [-0.25, -0.2) is 4.79 Å². The van der Waals surface area contributed by atoms with Crippen molar-refractivity contribution in [2.45, 2.75) is 27.2 Å². The van der Waals surface area contributed by atoms with Gasteiger partial charge in [0, 0.05) is 18.5 Å². The van der Waals surface area contributed by atoms with Crippen molar-refractivity contribution in [1.29, 1.82) is 0 Å². The first-order chi connectivity index (χ1) is 13.3. The molecule has 1 amide bonds. The van der Waals surface area contributed by atoms with E-state index in [0.29, 0.717) is 22.4 Å². The largest absolute Gasteiger partial charge is 0.478 e. The summed E-state index contributed by atoms with van der Waals surface area (Å²) in [5.41, 5.74) is 2.12. The molecule has 0 fully saturated rings. The molecule has 3 aromatic rings. The number of carboxylic acids is 1. The van der Waals surface area contributed by atoms with Crippen LogP contribution >= 0.6 is 0 Å². The Morgan fingerprint density at radius 1 is 1.07 bits per heavy atom. The average Bonchev–Trinajstić information content (AvgIpc) is 3.02. The van der Waals surface area contributed by atoms with Crippen molar-refractivity contribution in [1.82, 2.24) is 4.57 Å². The summed E-state index contributed by atoms with van der Waals surface area (Å²) in [6, 6.07) is 12.1. The van der Waals surface area contributed by atoms with E-state index in [2.05, 4.69) is 19.2 Å². The predicted molar refractivity (Wildman–Crippen MR) is 108 cm³/mol. The topological polar surface area (TPSA) is 88.4 Å². The molecule has 1 heterocycles. The second-order valence-corrected chi connectivity index (χ2v) is 7.19. The fourth-order valence-electron chi connectivity index (χ4n) is 3.29. The summed E-state index contributed by atoms with van der Waals surface area (Å²) in [4.78, 5) is 36.4. The summed E-state index contributed by atoms with van der Waals surface area (Å²) in [7, 11) is 0. The molecule has 144 valence electrons. The van der Waals surface area contributed by atoms with Crippen LogP contribution in [-0.4, -0.2) is 27.5 Å². The zero-order chi connectivity index (χ0) is 20.4. The Morgan fingerprint density at radius 3 is 2.43 bits per heavy atom. The highest BCUT2D eigenvalue weighted by molar-refractivity contribution is 6.15. The average molecular weight is 378 g/mol. The number of hydrogen-bond acceptors (Lipinski definition) is 3. The number of carbonyl (C=O) groups excluding carboxylic acids is 2. The van der Waals surface area contributed by atoms with Crippen LogP contribution in [0.2, 0.25) is 0 Å². The smallest absolute Gasteiger partial charge is 0.337 e. The minimum absolute atomic E-state index is 0.0433. The number of aromatic carboxylic acids is 1. The Morgan fingerprint density at radius 2 is 1.79 bits per heavy atom. The molecule has 6 heteroatoms. The maximum atomic E-state index is 12.9. The van der Waals surface area contributed by atoms with E-state index in [9.17, 15) is 19.5 Å². The summed E-state index contributed by atoms with van der Waals surface area (Å²) < 4.78 is 1.41. The Balaban J connectivity index is 1.99. The van der Waals surface area contributed by atoms with E-state index in [-0.39, 0.29) is 17.2 Å². The number of benzene rings is 2. The number of nitrogens with one attached hydrogen (secondary N) is 1. The monoisotopic (exact) mass is 378 g/mol. The number of aromatic nitrogens is 1. The first kappa shape index (κ1) is 19.4. The molecular weight excluding hydrogens is 356 g/mol. The lowest BCUT2D eigenvalue weighted by Crippen LogP contribution is -2.15. The number of hydrogen-bond donors (Lipinski definition) is 2. The maximum Gasteiger partial charge on any atom is 0.337 e. The zero-order valence-corrected chi connectivity index (χ0v) is 16.0. The SMILES string of the molecule is CC(=O)n1cc(C(=O)Nc2ccc(CC(C)C)cc2C(=O)O)c2ccccc21. The molecule has 2 aromatic carbocycles. The van der Waals surface area contributed by atoms with Crippen LogP contribution in [0.5, 0.6) is 0 Å². The molecule has 0 saturated carbocycles. The lowest BCUT2D eigenvalue weighted by atomic mass is 10.00. The molecule has 0 radical (unpaired) electrons. The molecule has 1 aromatic heterocycles. The lowest BCUT2D eigenvalue weighted by molar-refractivity contribution is 0.0697. The molecule has 0 saturated heterocycles. The van der Waals surface area contributed by atoms with E-state index in [0.717, 1.165) is 12.0 Å². The number of fused-ring (bicyclic) bond motifs is 1. The quantitative estimate of drug-likeness (QED) is 0.686. The van der Waals surface area contributed by atoms with Gasteiger partial charge in [0.2, 0.25) is 5.91 Å². The van der Waals surface area contributed by atoms with Crippen molar-refractivity contribution < 1.29 is 19.5 Å². The summed E-state index contributed by atoms with van der Waals surface area (Å²) in [5.74, 6) is -1.39. The molecule has 0 atom stereocenters. The minimum Gasteiger partial charge on any atom is -0.478 e. The van der Waals surface area contributed by atoms with E-state index in [1.165, 1.54) is 17.7 Å². The first-order valence-electron chi connectivity index (χ1n) is 9.06. The van der Waals surface area contributed by atoms with Gasteiger partial charge in [-0.2, -0.15) is 0 Å². The number of rotatable bonds is 5. The minimum atomic E-state index is -1.10. The van der Waals surface area contributed by atoms with Crippen LogP contribution in [0.3, 0.4) is 0 Å². The van der Waals surface area contributed by atoms with Gasteiger partial charge < -0.3 is 10.4 Å². The predicted octanol–water partition coefficient (Wildman–Crippen LogP) is 4.45. The van der Waals surface area contributed by atoms with Crippen LogP contribution in [0, 0.1) is 5.92 Å². The van der Waals surface area contributed by atoms with Gasteiger partial charge in [-0.15, -0.1) is 0 Å². The van der Waals surface area contributed by atoms with Crippen LogP contribution < -0.4 is 5.32 Å². The van der Waals surface area contributed by atoms with Gasteiger partial charge in [-0.05, 0) is 36.1 Å². The van der Waals surface area contributed by atoms with Gasteiger partial charge >= 0.3 is 5.97 Å². The van der Waals surface area contributed by atoms with Crippen molar-refractivity contribution >= 4 is 34.4 Å². The summed E-state index contributed by atoms with van der Waals surface area (Å²) in [5, 5.41) is 12.9. The molecule has 0 bridgehead atoms. The number of para-hydroxylation sites is 1. The molecular formula is C22H22N2O4. The van der Waals surface area contributed by atoms with Crippen LogP contribution in [0.1, 0.15) is 51.8 Å². The Labute approximate surface area is 162 Å². The lowest BCUT2D eigenvalue weighted by Gasteiger charge is -2.11. The van der Waals surface area contributed by atoms with Gasteiger partial charge in [-0.3, -0.25) is 14.2 Å². The summed E-state index contributed by atoms with van der Waals surface area (Å²) in [6.07, 6.45) is 2.23. The van der Waals surface area contributed by atoms with Gasteiger partial charge in [0.1, 0.15) is 0 Å². The molecule has 2 N–H and O–H groups in total. The van der Waals surface area contributed by atoms with Crippen molar-refractivity contribution in [3.8, 4) is 0 Å². The van der Waals surface area contributed by atoms with E-state index < -0.39 is 11.9 Å². The molecule has 0 spiro atoms. The second-order valence-electron chi connectivity index (χ2n) is 7.19. The fourth-order valence-corrected chi connectivity index (χ4v) is 3.29. The Kier molecular flexibility index (Phi) is 5.31. The highest BCUT2D eigenvalue weighted by Crippen LogP contribution is 2.25. The third kappa shape index (κ3) is 3.81. The number of anilines is 1. The van der Waals surface area contributed by atoms with E-state index in [1.54, 1.807) is 36.4 Å². The van der Waals surface area contributed by atoms with Gasteiger partial charge in [-0.1, -0.05) is 38.1 Å². The third-order valence-electron chi connectivity index (χ3n) is 4.50. The number of amides is 1. The molecule has 28 heavy (non-hydrogen) atoms. The van der Waals surface area contributed by atoms with E-state index in [1.807, 2.05) is 6.07 Å². The van der Waals surface area contributed by atoms with Crippen LogP contribution in [0.15, 0.2) is 48.7 Å². The molecule has 0 aliphatic heterocycles.